The molecule has 1 aliphatic rings. The number of nitrogens with zero attached hydrogens (tertiary/aromatic N) is 2. The smallest absolute Gasteiger partial charge is 0.123 e. The van der Waals surface area contributed by atoms with Gasteiger partial charge >= 0.3 is 0 Å². The standard InChI is InChI=1S/C18H21N5/c1-18(2,23-9-3-4-10-23)8-7-16(20)14-6-5-13(12-19)11-15(14)17(21)22/h5-6,11,20H,3-4,9-10H2,1-2H3,(H3,21,22). The first-order valence-electron chi connectivity index (χ1n) is 7.61. The van der Waals surface area contributed by atoms with Crippen molar-refractivity contribution in [3.05, 3.63) is 34.9 Å². The van der Waals surface area contributed by atoms with Crippen LogP contribution in [-0.2, 0) is 0 Å². The van der Waals surface area contributed by atoms with Gasteiger partial charge in [-0.3, -0.25) is 15.7 Å². The van der Waals surface area contributed by atoms with Crippen LogP contribution in [0.15, 0.2) is 18.2 Å². The van der Waals surface area contributed by atoms with E-state index in [1.54, 1.807) is 12.1 Å². The zero-order chi connectivity index (χ0) is 17.0. The summed E-state index contributed by atoms with van der Waals surface area (Å²) in [7, 11) is 0. The highest BCUT2D eigenvalue weighted by Crippen LogP contribution is 2.20. The molecule has 0 saturated carbocycles. The summed E-state index contributed by atoms with van der Waals surface area (Å²) in [6.45, 7) is 6.18. The average Bonchev–Trinajstić information content (AvgIpc) is 3.07. The first-order valence-corrected chi connectivity index (χ1v) is 7.61. The van der Waals surface area contributed by atoms with Crippen molar-refractivity contribution in [3.63, 3.8) is 0 Å². The van der Waals surface area contributed by atoms with Gasteiger partial charge in [0, 0.05) is 11.1 Å². The number of rotatable bonds is 3. The van der Waals surface area contributed by atoms with Crippen LogP contribution in [0.3, 0.4) is 0 Å². The molecule has 0 aliphatic carbocycles. The van der Waals surface area contributed by atoms with E-state index in [9.17, 15) is 0 Å². The van der Waals surface area contributed by atoms with Crippen LogP contribution in [0.4, 0.5) is 0 Å². The normalized spacial score (nSPS) is 14.7. The molecule has 0 spiro atoms. The Labute approximate surface area is 137 Å². The van der Waals surface area contributed by atoms with Crippen LogP contribution in [0.5, 0.6) is 0 Å². The highest BCUT2D eigenvalue weighted by Gasteiger charge is 2.27. The van der Waals surface area contributed by atoms with Gasteiger partial charge in [0.25, 0.3) is 0 Å². The van der Waals surface area contributed by atoms with Crippen molar-refractivity contribution in [1.82, 2.24) is 4.90 Å². The van der Waals surface area contributed by atoms with E-state index in [0.717, 1.165) is 13.1 Å². The fourth-order valence-corrected chi connectivity index (χ4v) is 2.69. The van der Waals surface area contributed by atoms with Crippen molar-refractivity contribution in [2.24, 2.45) is 5.73 Å². The topological polar surface area (TPSA) is 101 Å². The summed E-state index contributed by atoms with van der Waals surface area (Å²) in [6, 6.07) is 6.79. The van der Waals surface area contributed by atoms with E-state index >= 15 is 0 Å². The van der Waals surface area contributed by atoms with Gasteiger partial charge in [-0.05, 0) is 57.8 Å². The second kappa shape index (κ2) is 6.64. The zero-order valence-electron chi connectivity index (χ0n) is 13.5. The van der Waals surface area contributed by atoms with Crippen LogP contribution < -0.4 is 5.73 Å². The number of nitrogens with one attached hydrogen (secondary N) is 2. The highest BCUT2D eigenvalue weighted by atomic mass is 15.2. The van der Waals surface area contributed by atoms with Gasteiger partial charge in [-0.25, -0.2) is 0 Å². The van der Waals surface area contributed by atoms with Gasteiger partial charge in [-0.1, -0.05) is 12.0 Å². The van der Waals surface area contributed by atoms with Crippen LogP contribution >= 0.6 is 0 Å². The molecule has 0 unspecified atom stereocenters. The molecule has 1 saturated heterocycles. The van der Waals surface area contributed by atoms with Gasteiger partial charge in [0.1, 0.15) is 11.5 Å². The molecule has 0 amide bonds. The third-order valence-corrected chi connectivity index (χ3v) is 4.10. The summed E-state index contributed by atoms with van der Waals surface area (Å²) in [6.07, 6.45) is 2.37. The Kier molecular flexibility index (Phi) is 4.83. The molecule has 1 aromatic carbocycles. The van der Waals surface area contributed by atoms with Crippen LogP contribution in [0.2, 0.25) is 0 Å². The van der Waals surface area contributed by atoms with Crippen molar-refractivity contribution in [2.45, 2.75) is 32.2 Å². The number of amidine groups is 1. The van der Waals surface area contributed by atoms with Crippen molar-refractivity contribution in [2.75, 3.05) is 13.1 Å². The van der Waals surface area contributed by atoms with Crippen LogP contribution in [0, 0.1) is 34.0 Å². The maximum Gasteiger partial charge on any atom is 0.123 e. The van der Waals surface area contributed by atoms with Crippen LogP contribution in [-0.4, -0.2) is 35.1 Å². The number of benzene rings is 1. The lowest BCUT2D eigenvalue weighted by Gasteiger charge is -2.30. The monoisotopic (exact) mass is 307 g/mol. The highest BCUT2D eigenvalue weighted by molar-refractivity contribution is 6.17. The fraction of sp³-hybridized carbons (Fsp3) is 0.389. The van der Waals surface area contributed by atoms with Crippen LogP contribution in [0.25, 0.3) is 0 Å². The summed E-state index contributed by atoms with van der Waals surface area (Å²) < 4.78 is 0. The van der Waals surface area contributed by atoms with Crippen LogP contribution in [0.1, 0.15) is 43.4 Å². The molecular weight excluding hydrogens is 286 g/mol. The minimum atomic E-state index is -0.286. The Balaban J connectivity index is 2.30. The molecular formula is C18H21N5. The van der Waals surface area contributed by atoms with Gasteiger partial charge in [-0.2, -0.15) is 5.26 Å². The third-order valence-electron chi connectivity index (χ3n) is 4.10. The largest absolute Gasteiger partial charge is 0.384 e. The van der Waals surface area contributed by atoms with Crippen molar-refractivity contribution in [1.29, 1.82) is 16.1 Å². The molecule has 0 radical (unpaired) electrons. The van der Waals surface area contributed by atoms with E-state index in [-0.39, 0.29) is 17.1 Å². The summed E-state index contributed by atoms with van der Waals surface area (Å²) in [5, 5.41) is 24.8. The number of hydrogen-bond acceptors (Lipinski definition) is 4. The quantitative estimate of drug-likeness (QED) is 0.453. The van der Waals surface area contributed by atoms with Crippen molar-refractivity contribution >= 4 is 11.5 Å². The second-order valence-electron chi connectivity index (χ2n) is 6.16. The number of nitrogen functional groups attached to an aromatic ring is 1. The number of likely N-dealkylation sites (tertiary alicyclic amines) is 1. The molecule has 1 fully saturated rings. The minimum Gasteiger partial charge on any atom is -0.384 e. The molecule has 5 heteroatoms. The van der Waals surface area contributed by atoms with E-state index in [0.29, 0.717) is 16.7 Å². The average molecular weight is 307 g/mol. The maximum absolute atomic E-state index is 8.96. The van der Waals surface area contributed by atoms with Gasteiger partial charge in [-0.15, -0.1) is 0 Å². The predicted octanol–water partition coefficient (Wildman–Crippen LogP) is 2.09. The van der Waals surface area contributed by atoms with E-state index in [1.807, 2.05) is 6.07 Å². The first kappa shape index (κ1) is 16.7. The molecule has 0 aromatic heterocycles. The molecule has 1 aromatic rings. The van der Waals surface area contributed by atoms with E-state index in [1.165, 1.54) is 18.9 Å². The van der Waals surface area contributed by atoms with Gasteiger partial charge in [0.05, 0.1) is 17.2 Å². The Bertz CT molecular complexity index is 737. The lowest BCUT2D eigenvalue weighted by atomic mass is 9.98. The Hall–Kier alpha value is -2.63. The third kappa shape index (κ3) is 3.77. The number of hydrogen-bond donors (Lipinski definition) is 3. The molecule has 1 aliphatic heterocycles. The van der Waals surface area contributed by atoms with Crippen molar-refractivity contribution in [3.8, 4) is 17.9 Å². The molecule has 23 heavy (non-hydrogen) atoms. The maximum atomic E-state index is 8.96. The molecule has 1 heterocycles. The summed E-state index contributed by atoms with van der Waals surface area (Å²) in [4.78, 5) is 2.32. The summed E-state index contributed by atoms with van der Waals surface area (Å²) in [5.74, 6) is 5.91. The lowest BCUT2D eigenvalue weighted by molar-refractivity contribution is 0.214. The molecule has 2 rings (SSSR count). The second-order valence-corrected chi connectivity index (χ2v) is 6.16. The predicted molar refractivity (Wildman–Crippen MR) is 91.7 cm³/mol. The summed E-state index contributed by atoms with van der Waals surface area (Å²) >= 11 is 0. The molecule has 5 nitrogen and oxygen atoms in total. The zero-order valence-corrected chi connectivity index (χ0v) is 13.5. The Morgan fingerprint density at radius 2 is 1.87 bits per heavy atom. The lowest BCUT2D eigenvalue weighted by Crippen LogP contribution is -2.40. The number of nitriles is 1. The minimum absolute atomic E-state index is 0.118. The van der Waals surface area contributed by atoms with Gasteiger partial charge < -0.3 is 5.73 Å². The van der Waals surface area contributed by atoms with Gasteiger partial charge in [0.15, 0.2) is 0 Å². The molecule has 0 bridgehead atoms. The first-order chi connectivity index (χ1) is 10.8. The Morgan fingerprint density at radius 1 is 1.22 bits per heavy atom. The van der Waals surface area contributed by atoms with Crippen molar-refractivity contribution < 1.29 is 0 Å². The molecule has 4 N–H and O–H groups in total. The van der Waals surface area contributed by atoms with E-state index < -0.39 is 0 Å². The van der Waals surface area contributed by atoms with E-state index in [4.69, 9.17) is 21.8 Å². The van der Waals surface area contributed by atoms with Gasteiger partial charge in [0.2, 0.25) is 0 Å². The molecule has 0 atom stereocenters. The SMILES string of the molecule is CC(C)(C#CC(=N)c1ccc(C#N)cc1C(=N)N)N1CCCC1. The summed E-state index contributed by atoms with van der Waals surface area (Å²) in [5.41, 5.74) is 6.69. The van der Waals surface area contributed by atoms with E-state index in [2.05, 4.69) is 30.6 Å². The molecule has 118 valence electrons. The number of nitrogens with two attached hydrogens (primary N) is 1. The Morgan fingerprint density at radius 3 is 2.43 bits per heavy atom. The fourth-order valence-electron chi connectivity index (χ4n) is 2.69.